The van der Waals surface area contributed by atoms with E-state index in [-0.39, 0.29) is 11.5 Å². The van der Waals surface area contributed by atoms with Gasteiger partial charge in [0.1, 0.15) is 16.6 Å². The number of fused-ring (bicyclic) bond motifs is 1. The Bertz CT molecular complexity index is 1140. The van der Waals surface area contributed by atoms with E-state index in [0.29, 0.717) is 13.1 Å². The summed E-state index contributed by atoms with van der Waals surface area (Å²) >= 11 is 1.66. The van der Waals surface area contributed by atoms with E-state index in [0.717, 1.165) is 26.5 Å². The van der Waals surface area contributed by atoms with E-state index in [1.807, 2.05) is 36.4 Å². The van der Waals surface area contributed by atoms with E-state index in [4.69, 9.17) is 4.98 Å². The predicted octanol–water partition coefficient (Wildman–Crippen LogP) is 5.29. The number of nitrogens with one attached hydrogen (secondary N) is 1. The standard InChI is InChI=1S/C24H22N4OS/c1-4-12-28(13-5-2)24(29)19(15-25)16-26-20-9-7-18(8-10-20)23-27-21-11-6-17(3)14-22(21)30-23/h4-11,14,16,26H,1-2,12-13H2,3H3/b19-16-. The quantitative estimate of drug-likeness (QED) is 0.309. The lowest BCUT2D eigenvalue weighted by Gasteiger charge is -2.18. The van der Waals surface area contributed by atoms with Crippen LogP contribution in [0.3, 0.4) is 0 Å². The van der Waals surface area contributed by atoms with Gasteiger partial charge < -0.3 is 10.2 Å². The van der Waals surface area contributed by atoms with Gasteiger partial charge in [-0.2, -0.15) is 5.26 Å². The van der Waals surface area contributed by atoms with E-state index in [2.05, 4.69) is 37.5 Å². The molecule has 0 spiro atoms. The average molecular weight is 415 g/mol. The summed E-state index contributed by atoms with van der Waals surface area (Å²) in [5.74, 6) is -0.369. The molecule has 1 amide bonds. The van der Waals surface area contributed by atoms with Gasteiger partial charge in [0.05, 0.1) is 10.2 Å². The highest BCUT2D eigenvalue weighted by Crippen LogP contribution is 2.31. The van der Waals surface area contributed by atoms with Crippen LogP contribution in [0.4, 0.5) is 5.69 Å². The van der Waals surface area contributed by atoms with E-state index in [1.54, 1.807) is 23.5 Å². The topological polar surface area (TPSA) is 69.0 Å². The summed E-state index contributed by atoms with van der Waals surface area (Å²) in [5.41, 5.74) is 4.01. The van der Waals surface area contributed by atoms with Crippen LogP contribution in [0.2, 0.25) is 0 Å². The van der Waals surface area contributed by atoms with E-state index in [1.165, 1.54) is 16.7 Å². The molecule has 0 atom stereocenters. The molecule has 30 heavy (non-hydrogen) atoms. The molecule has 0 aliphatic heterocycles. The minimum atomic E-state index is -0.369. The summed E-state index contributed by atoms with van der Waals surface area (Å²) in [7, 11) is 0. The molecule has 0 fully saturated rings. The third kappa shape index (κ3) is 4.83. The molecular formula is C24H22N4OS. The van der Waals surface area contributed by atoms with Crippen LogP contribution in [-0.4, -0.2) is 28.9 Å². The summed E-state index contributed by atoms with van der Waals surface area (Å²) in [6, 6.07) is 15.9. The smallest absolute Gasteiger partial charge is 0.266 e. The van der Waals surface area contributed by atoms with Crippen molar-refractivity contribution in [2.24, 2.45) is 0 Å². The Morgan fingerprint density at radius 1 is 1.20 bits per heavy atom. The minimum absolute atomic E-state index is 0.0179. The minimum Gasteiger partial charge on any atom is -0.360 e. The van der Waals surface area contributed by atoms with Gasteiger partial charge in [-0.1, -0.05) is 18.2 Å². The lowest BCUT2D eigenvalue weighted by atomic mass is 10.2. The van der Waals surface area contributed by atoms with Crippen molar-refractivity contribution in [2.45, 2.75) is 6.92 Å². The maximum atomic E-state index is 12.5. The number of thiazole rings is 1. The second-order valence-corrected chi connectivity index (χ2v) is 7.70. The van der Waals surface area contributed by atoms with Gasteiger partial charge in [0.15, 0.2) is 0 Å². The number of anilines is 1. The molecule has 3 aromatic rings. The van der Waals surface area contributed by atoms with Crippen molar-refractivity contribution < 1.29 is 4.79 Å². The van der Waals surface area contributed by atoms with Gasteiger partial charge >= 0.3 is 0 Å². The van der Waals surface area contributed by atoms with Crippen molar-refractivity contribution in [3.8, 4) is 16.6 Å². The normalized spacial score (nSPS) is 11.0. The Balaban J connectivity index is 1.75. The highest BCUT2D eigenvalue weighted by molar-refractivity contribution is 7.21. The zero-order chi connectivity index (χ0) is 21.5. The molecule has 0 aliphatic carbocycles. The Hall–Kier alpha value is -3.69. The zero-order valence-electron chi connectivity index (χ0n) is 16.8. The van der Waals surface area contributed by atoms with Crippen molar-refractivity contribution in [3.63, 3.8) is 0 Å². The molecular weight excluding hydrogens is 392 g/mol. The van der Waals surface area contributed by atoms with E-state index >= 15 is 0 Å². The summed E-state index contributed by atoms with van der Waals surface area (Å²) in [5, 5.41) is 13.4. The molecule has 0 radical (unpaired) electrons. The predicted molar refractivity (Wildman–Crippen MR) is 124 cm³/mol. The summed E-state index contributed by atoms with van der Waals surface area (Å²) in [6.45, 7) is 10.1. The first kappa shape index (κ1) is 21.0. The number of rotatable bonds is 8. The van der Waals surface area contributed by atoms with Gasteiger partial charge in [-0.25, -0.2) is 4.98 Å². The molecule has 1 N–H and O–H groups in total. The van der Waals surface area contributed by atoms with Gasteiger partial charge in [-0.15, -0.1) is 24.5 Å². The van der Waals surface area contributed by atoms with Crippen LogP contribution >= 0.6 is 11.3 Å². The SMILES string of the molecule is C=CCN(CC=C)C(=O)/C(C#N)=C\Nc1ccc(-c2nc3ccc(C)cc3s2)cc1. The monoisotopic (exact) mass is 414 g/mol. The second-order valence-electron chi connectivity index (χ2n) is 6.67. The number of carbonyl (C=O) groups is 1. The van der Waals surface area contributed by atoms with Crippen LogP contribution < -0.4 is 5.32 Å². The molecule has 1 aromatic heterocycles. The molecule has 0 saturated carbocycles. The molecule has 0 saturated heterocycles. The summed E-state index contributed by atoms with van der Waals surface area (Å²) < 4.78 is 1.16. The number of benzene rings is 2. The Labute approximate surface area is 180 Å². The number of hydrogen-bond acceptors (Lipinski definition) is 5. The molecule has 2 aromatic carbocycles. The number of carbonyl (C=O) groups excluding carboxylic acids is 1. The zero-order valence-corrected chi connectivity index (χ0v) is 17.6. The van der Waals surface area contributed by atoms with Crippen molar-refractivity contribution in [2.75, 3.05) is 18.4 Å². The molecule has 0 unspecified atom stereocenters. The maximum Gasteiger partial charge on any atom is 0.266 e. The second kappa shape index (κ2) is 9.68. The fourth-order valence-electron chi connectivity index (χ4n) is 2.88. The first-order valence-electron chi connectivity index (χ1n) is 9.41. The van der Waals surface area contributed by atoms with Gasteiger partial charge in [0.25, 0.3) is 5.91 Å². The number of amides is 1. The van der Waals surface area contributed by atoms with Crippen molar-refractivity contribution in [3.05, 3.63) is 85.1 Å². The fraction of sp³-hybridized carbons (Fsp3) is 0.125. The first-order chi connectivity index (χ1) is 14.5. The average Bonchev–Trinajstić information content (AvgIpc) is 3.17. The molecule has 150 valence electrons. The van der Waals surface area contributed by atoms with Crippen LogP contribution in [0.1, 0.15) is 5.56 Å². The van der Waals surface area contributed by atoms with Crippen LogP contribution in [-0.2, 0) is 4.79 Å². The number of aromatic nitrogens is 1. The molecule has 0 bridgehead atoms. The Morgan fingerprint density at radius 3 is 2.53 bits per heavy atom. The lowest BCUT2D eigenvalue weighted by Crippen LogP contribution is -2.32. The highest BCUT2D eigenvalue weighted by Gasteiger charge is 2.16. The van der Waals surface area contributed by atoms with Gasteiger partial charge in [-0.05, 0) is 48.9 Å². The Kier molecular flexibility index (Phi) is 6.79. The van der Waals surface area contributed by atoms with Crippen LogP contribution in [0.15, 0.2) is 79.5 Å². The number of nitriles is 1. The highest BCUT2D eigenvalue weighted by atomic mass is 32.1. The summed E-state index contributed by atoms with van der Waals surface area (Å²) in [4.78, 5) is 18.7. The number of hydrogen-bond donors (Lipinski definition) is 1. The van der Waals surface area contributed by atoms with Gasteiger partial charge in [0.2, 0.25) is 0 Å². The fourth-order valence-corrected chi connectivity index (χ4v) is 3.95. The molecule has 5 nitrogen and oxygen atoms in total. The molecule has 0 aliphatic rings. The van der Waals surface area contributed by atoms with Crippen molar-refractivity contribution in [1.29, 1.82) is 5.26 Å². The third-order valence-corrected chi connectivity index (χ3v) is 5.46. The number of nitrogens with zero attached hydrogens (tertiary/aromatic N) is 3. The molecule has 3 rings (SSSR count). The van der Waals surface area contributed by atoms with E-state index < -0.39 is 0 Å². The third-order valence-electron chi connectivity index (χ3n) is 4.40. The number of aryl methyl sites for hydroxylation is 1. The van der Waals surface area contributed by atoms with Gasteiger partial charge in [0, 0.05) is 30.5 Å². The van der Waals surface area contributed by atoms with Crippen molar-refractivity contribution >= 4 is 33.1 Å². The van der Waals surface area contributed by atoms with E-state index in [9.17, 15) is 10.1 Å². The van der Waals surface area contributed by atoms with Crippen molar-refractivity contribution in [1.82, 2.24) is 9.88 Å². The first-order valence-corrected chi connectivity index (χ1v) is 10.2. The molecule has 1 heterocycles. The largest absolute Gasteiger partial charge is 0.360 e. The van der Waals surface area contributed by atoms with Crippen LogP contribution in [0.5, 0.6) is 0 Å². The van der Waals surface area contributed by atoms with Gasteiger partial charge in [-0.3, -0.25) is 4.79 Å². The molecule has 6 heteroatoms. The Morgan fingerprint density at radius 2 is 1.90 bits per heavy atom. The lowest BCUT2D eigenvalue weighted by molar-refractivity contribution is -0.125. The maximum absolute atomic E-state index is 12.5. The van der Waals surface area contributed by atoms with Crippen LogP contribution in [0.25, 0.3) is 20.8 Å². The summed E-state index contributed by atoms with van der Waals surface area (Å²) in [6.07, 6.45) is 4.66. The van der Waals surface area contributed by atoms with Crippen LogP contribution in [0, 0.1) is 18.3 Å².